The number of amides is 1. The smallest absolute Gasteiger partial charge is 0.221 e. The number of phenols is 1. The number of rotatable bonds is 5. The summed E-state index contributed by atoms with van der Waals surface area (Å²) in [6.07, 6.45) is 3.21. The molecule has 8 heteroatoms. The zero-order chi connectivity index (χ0) is 19.6. The molecule has 0 radical (unpaired) electrons. The number of hydrogen-bond acceptors (Lipinski definition) is 5. The first-order chi connectivity index (χ1) is 12.8. The Balaban J connectivity index is 2.05. The van der Waals surface area contributed by atoms with E-state index in [-0.39, 0.29) is 22.3 Å². The van der Waals surface area contributed by atoms with Crippen LogP contribution in [0.1, 0.15) is 13.8 Å². The molecule has 140 valence electrons. The maximum Gasteiger partial charge on any atom is 0.221 e. The molecule has 1 amide bonds. The number of hydrogen-bond donors (Lipinski definition) is 2. The molecule has 7 nitrogen and oxygen atoms in total. The molecule has 0 unspecified atom stereocenters. The number of carbonyl (C=O) groups is 1. The van der Waals surface area contributed by atoms with E-state index in [0.29, 0.717) is 17.2 Å². The number of nitrogens with one attached hydrogen (secondary N) is 1. The van der Waals surface area contributed by atoms with Crippen LogP contribution in [-0.4, -0.2) is 34.7 Å². The summed E-state index contributed by atoms with van der Waals surface area (Å²) in [6, 6.07) is 11.2. The Morgan fingerprint density at radius 3 is 2.52 bits per heavy atom. The summed E-state index contributed by atoms with van der Waals surface area (Å²) in [4.78, 5) is 15.6. The summed E-state index contributed by atoms with van der Waals surface area (Å²) in [5, 5.41) is 13.0. The molecule has 2 aromatic carbocycles. The maximum absolute atomic E-state index is 12.2. The fourth-order valence-corrected chi connectivity index (χ4v) is 3.57. The molecule has 2 N–H and O–H groups in total. The van der Waals surface area contributed by atoms with Crippen molar-refractivity contribution in [3.8, 4) is 22.8 Å². The van der Waals surface area contributed by atoms with Gasteiger partial charge in [-0.15, -0.1) is 0 Å². The number of aromatic nitrogens is 2. The van der Waals surface area contributed by atoms with Crippen LogP contribution in [0.25, 0.3) is 17.1 Å². The van der Waals surface area contributed by atoms with E-state index in [9.17, 15) is 18.3 Å². The molecule has 0 atom stereocenters. The van der Waals surface area contributed by atoms with Crippen molar-refractivity contribution >= 4 is 21.4 Å². The molecule has 0 spiro atoms. The molecule has 0 saturated carbocycles. The SMILES string of the molecule is CCS(=O)(=O)c1ccc(O)c(-n2ccnc2-c2ccc(NC(C)=O)cc2)c1. The highest BCUT2D eigenvalue weighted by atomic mass is 32.2. The molecule has 0 fully saturated rings. The molecule has 0 saturated heterocycles. The van der Waals surface area contributed by atoms with Crippen molar-refractivity contribution in [2.75, 3.05) is 11.1 Å². The molecule has 0 bridgehead atoms. The first kappa shape index (κ1) is 18.7. The topological polar surface area (TPSA) is 101 Å². The van der Waals surface area contributed by atoms with Crippen LogP contribution in [0.4, 0.5) is 5.69 Å². The molecular weight excluding hydrogens is 366 g/mol. The van der Waals surface area contributed by atoms with Gasteiger partial charge in [0.2, 0.25) is 5.91 Å². The number of imidazole rings is 1. The Morgan fingerprint density at radius 1 is 1.19 bits per heavy atom. The van der Waals surface area contributed by atoms with Gasteiger partial charge in [0.15, 0.2) is 9.84 Å². The number of carbonyl (C=O) groups excluding carboxylic acids is 1. The Bertz CT molecular complexity index is 1090. The van der Waals surface area contributed by atoms with E-state index < -0.39 is 9.84 Å². The zero-order valence-corrected chi connectivity index (χ0v) is 15.7. The minimum atomic E-state index is -3.41. The van der Waals surface area contributed by atoms with Crippen LogP contribution >= 0.6 is 0 Å². The normalized spacial score (nSPS) is 11.3. The zero-order valence-electron chi connectivity index (χ0n) is 14.9. The lowest BCUT2D eigenvalue weighted by atomic mass is 10.2. The van der Waals surface area contributed by atoms with Crippen LogP contribution in [0.3, 0.4) is 0 Å². The lowest BCUT2D eigenvalue weighted by molar-refractivity contribution is -0.114. The highest BCUT2D eigenvalue weighted by Crippen LogP contribution is 2.30. The summed E-state index contributed by atoms with van der Waals surface area (Å²) in [6.45, 7) is 3.00. The van der Waals surface area contributed by atoms with Crippen molar-refractivity contribution < 1.29 is 18.3 Å². The molecular formula is C19H19N3O4S. The van der Waals surface area contributed by atoms with Gasteiger partial charge >= 0.3 is 0 Å². The van der Waals surface area contributed by atoms with Gasteiger partial charge < -0.3 is 10.4 Å². The maximum atomic E-state index is 12.2. The van der Waals surface area contributed by atoms with E-state index in [1.54, 1.807) is 48.1 Å². The van der Waals surface area contributed by atoms with E-state index in [1.807, 2.05) is 0 Å². The number of anilines is 1. The molecule has 27 heavy (non-hydrogen) atoms. The highest BCUT2D eigenvalue weighted by molar-refractivity contribution is 7.91. The molecule has 0 aliphatic rings. The highest BCUT2D eigenvalue weighted by Gasteiger charge is 2.17. The Kier molecular flexibility index (Phi) is 5.00. The van der Waals surface area contributed by atoms with Crippen molar-refractivity contribution in [2.24, 2.45) is 0 Å². The Hall–Kier alpha value is -3.13. The first-order valence-corrected chi connectivity index (χ1v) is 9.94. The van der Waals surface area contributed by atoms with Crippen LogP contribution in [0, 0.1) is 0 Å². The van der Waals surface area contributed by atoms with Crippen molar-refractivity contribution in [1.82, 2.24) is 9.55 Å². The molecule has 3 rings (SSSR count). The molecule has 1 heterocycles. The van der Waals surface area contributed by atoms with E-state index in [0.717, 1.165) is 5.56 Å². The van der Waals surface area contributed by atoms with Crippen LogP contribution in [0.5, 0.6) is 5.75 Å². The van der Waals surface area contributed by atoms with Crippen LogP contribution < -0.4 is 5.32 Å². The average Bonchev–Trinajstić information content (AvgIpc) is 3.11. The summed E-state index contributed by atoms with van der Waals surface area (Å²) in [5.74, 6) is 0.284. The van der Waals surface area contributed by atoms with Crippen molar-refractivity contribution in [3.63, 3.8) is 0 Å². The monoisotopic (exact) mass is 385 g/mol. The number of phenolic OH excluding ortho intramolecular Hbond substituents is 1. The summed E-state index contributed by atoms with van der Waals surface area (Å²) in [5.41, 5.74) is 1.73. The average molecular weight is 385 g/mol. The van der Waals surface area contributed by atoms with Gasteiger partial charge in [0.25, 0.3) is 0 Å². The van der Waals surface area contributed by atoms with Crippen molar-refractivity contribution in [2.45, 2.75) is 18.7 Å². The van der Waals surface area contributed by atoms with E-state index >= 15 is 0 Å². The third kappa shape index (κ3) is 3.85. The van der Waals surface area contributed by atoms with Crippen LogP contribution in [0.15, 0.2) is 59.8 Å². The second-order valence-electron chi connectivity index (χ2n) is 5.93. The van der Waals surface area contributed by atoms with Crippen molar-refractivity contribution in [1.29, 1.82) is 0 Å². The van der Waals surface area contributed by atoms with E-state index in [1.165, 1.54) is 25.1 Å². The molecule has 0 aliphatic heterocycles. The van der Waals surface area contributed by atoms with Gasteiger partial charge in [-0.25, -0.2) is 13.4 Å². The summed E-state index contributed by atoms with van der Waals surface area (Å²) < 4.78 is 26.0. The predicted molar refractivity (Wildman–Crippen MR) is 103 cm³/mol. The van der Waals surface area contributed by atoms with Gasteiger partial charge in [-0.3, -0.25) is 9.36 Å². The lowest BCUT2D eigenvalue weighted by Crippen LogP contribution is -2.06. The summed E-state index contributed by atoms with van der Waals surface area (Å²) in [7, 11) is -3.41. The first-order valence-electron chi connectivity index (χ1n) is 8.29. The van der Waals surface area contributed by atoms with E-state index in [2.05, 4.69) is 10.3 Å². The lowest BCUT2D eigenvalue weighted by Gasteiger charge is -2.12. The van der Waals surface area contributed by atoms with E-state index in [4.69, 9.17) is 0 Å². The molecule has 0 aliphatic carbocycles. The minimum absolute atomic E-state index is 0.0292. The molecule has 3 aromatic rings. The third-order valence-electron chi connectivity index (χ3n) is 4.05. The quantitative estimate of drug-likeness (QED) is 0.703. The standard InChI is InChI=1S/C19H19N3O4S/c1-3-27(25,26)16-8-9-18(24)17(12-16)22-11-10-20-19(22)14-4-6-15(7-5-14)21-13(2)23/h4-12,24H,3H2,1-2H3,(H,21,23). The number of sulfone groups is 1. The van der Waals surface area contributed by atoms with Gasteiger partial charge in [-0.1, -0.05) is 6.92 Å². The Labute approximate surface area is 157 Å². The van der Waals surface area contributed by atoms with Gasteiger partial charge in [0, 0.05) is 30.6 Å². The summed E-state index contributed by atoms with van der Waals surface area (Å²) >= 11 is 0. The second-order valence-corrected chi connectivity index (χ2v) is 8.21. The van der Waals surface area contributed by atoms with Crippen molar-refractivity contribution in [3.05, 3.63) is 54.9 Å². The predicted octanol–water partition coefficient (Wildman–Crippen LogP) is 3.00. The van der Waals surface area contributed by atoms with Crippen LogP contribution in [0.2, 0.25) is 0 Å². The number of aromatic hydroxyl groups is 1. The fraction of sp³-hybridized carbons (Fsp3) is 0.158. The van der Waals surface area contributed by atoms with Crippen LogP contribution in [-0.2, 0) is 14.6 Å². The van der Waals surface area contributed by atoms with Gasteiger partial charge in [0.05, 0.1) is 16.3 Å². The minimum Gasteiger partial charge on any atom is -0.506 e. The molecule has 1 aromatic heterocycles. The van der Waals surface area contributed by atoms with Gasteiger partial charge in [-0.2, -0.15) is 0 Å². The van der Waals surface area contributed by atoms with Gasteiger partial charge in [0.1, 0.15) is 11.6 Å². The largest absolute Gasteiger partial charge is 0.506 e. The second kappa shape index (κ2) is 7.24. The van der Waals surface area contributed by atoms with Gasteiger partial charge in [-0.05, 0) is 42.5 Å². The number of nitrogens with zero attached hydrogens (tertiary/aromatic N) is 2. The number of benzene rings is 2. The fourth-order valence-electron chi connectivity index (χ4n) is 2.67. The third-order valence-corrected chi connectivity index (χ3v) is 5.78. The Morgan fingerprint density at radius 2 is 1.89 bits per heavy atom.